The van der Waals surface area contributed by atoms with Crippen LogP contribution in [0.2, 0.25) is 0 Å². The molecule has 1 heterocycles. The summed E-state index contributed by atoms with van der Waals surface area (Å²) in [7, 11) is 0. The van der Waals surface area contributed by atoms with Gasteiger partial charge in [0, 0.05) is 23.6 Å². The van der Waals surface area contributed by atoms with Crippen LogP contribution in [0.4, 0.5) is 5.69 Å². The normalized spacial score (nSPS) is 11.5. The van der Waals surface area contributed by atoms with Crippen LogP contribution < -0.4 is 5.32 Å². The van der Waals surface area contributed by atoms with Gasteiger partial charge >= 0.3 is 11.9 Å². The highest BCUT2D eigenvalue weighted by atomic mass is 16.5. The molecule has 0 aliphatic rings. The number of anilines is 1. The van der Waals surface area contributed by atoms with Gasteiger partial charge in [-0.05, 0) is 37.3 Å². The molecule has 3 rings (SSSR count). The van der Waals surface area contributed by atoms with Crippen molar-refractivity contribution in [3.05, 3.63) is 72.1 Å². The first-order chi connectivity index (χ1) is 13.4. The summed E-state index contributed by atoms with van der Waals surface area (Å²) < 4.78 is 5.19. The number of carboxylic acid groups (broad SMARTS) is 1. The Labute approximate surface area is 160 Å². The molecule has 28 heavy (non-hydrogen) atoms. The third-order valence-electron chi connectivity index (χ3n) is 3.92. The fraction of sp³-hybridized carbons (Fsp3) is 0.100. The number of benzene rings is 2. The summed E-state index contributed by atoms with van der Waals surface area (Å²) >= 11 is 0. The van der Waals surface area contributed by atoms with Crippen LogP contribution in [0.15, 0.2) is 60.9 Å². The highest BCUT2D eigenvalue weighted by Gasteiger charge is 2.19. The predicted molar refractivity (Wildman–Crippen MR) is 101 cm³/mol. The number of carboxylic acids is 1. The zero-order valence-corrected chi connectivity index (χ0v) is 14.9. The molecule has 0 saturated heterocycles. The number of nitrogens with zero attached hydrogens (tertiary/aromatic N) is 1. The number of carbonyl (C=O) groups excluding carboxylic acids is 2. The van der Waals surface area contributed by atoms with Gasteiger partial charge in [0.1, 0.15) is 5.82 Å². The topological polar surface area (TPSA) is 121 Å². The van der Waals surface area contributed by atoms with E-state index >= 15 is 0 Å². The molecule has 2 aromatic carbocycles. The maximum Gasteiger partial charge on any atom is 0.338 e. The number of hydrogen-bond acceptors (Lipinski definition) is 5. The molecule has 0 spiro atoms. The van der Waals surface area contributed by atoms with Gasteiger partial charge in [0.2, 0.25) is 0 Å². The van der Waals surface area contributed by atoms with Crippen molar-refractivity contribution in [3.8, 4) is 11.4 Å². The van der Waals surface area contributed by atoms with E-state index in [-0.39, 0.29) is 5.56 Å². The summed E-state index contributed by atoms with van der Waals surface area (Å²) in [5.41, 5.74) is 1.45. The monoisotopic (exact) mass is 379 g/mol. The number of hydrogen-bond donors (Lipinski definition) is 3. The van der Waals surface area contributed by atoms with E-state index in [9.17, 15) is 14.4 Å². The molecule has 142 valence electrons. The van der Waals surface area contributed by atoms with E-state index in [4.69, 9.17) is 9.84 Å². The molecule has 3 N–H and O–H groups in total. The Hall–Kier alpha value is -3.94. The molecule has 1 atom stereocenters. The smallest absolute Gasteiger partial charge is 0.338 e. The molecule has 8 nitrogen and oxygen atoms in total. The van der Waals surface area contributed by atoms with Crippen LogP contribution in [0.1, 0.15) is 27.6 Å². The summed E-state index contributed by atoms with van der Waals surface area (Å²) in [6.45, 7) is 1.44. The second kappa shape index (κ2) is 8.17. The molecule has 0 fully saturated rings. The third kappa shape index (κ3) is 4.42. The van der Waals surface area contributed by atoms with Crippen molar-refractivity contribution < 1.29 is 24.2 Å². The van der Waals surface area contributed by atoms with Crippen molar-refractivity contribution in [3.63, 3.8) is 0 Å². The minimum absolute atomic E-state index is 0.0408. The quantitative estimate of drug-likeness (QED) is 0.566. The second-order valence-corrected chi connectivity index (χ2v) is 5.94. The summed E-state index contributed by atoms with van der Waals surface area (Å²) in [6.07, 6.45) is 2.26. The average Bonchev–Trinajstić information content (AvgIpc) is 3.23. The van der Waals surface area contributed by atoms with Crippen LogP contribution in [0.5, 0.6) is 0 Å². The van der Waals surface area contributed by atoms with Crippen molar-refractivity contribution in [1.29, 1.82) is 0 Å². The van der Waals surface area contributed by atoms with Crippen LogP contribution in [0.3, 0.4) is 0 Å². The Morgan fingerprint density at radius 2 is 1.86 bits per heavy atom. The lowest BCUT2D eigenvalue weighted by Crippen LogP contribution is -2.30. The van der Waals surface area contributed by atoms with E-state index in [2.05, 4.69) is 15.3 Å². The van der Waals surface area contributed by atoms with Crippen LogP contribution in [0, 0.1) is 0 Å². The molecule has 3 aromatic rings. The molecular formula is C20H17N3O5. The van der Waals surface area contributed by atoms with Gasteiger partial charge in [-0.15, -0.1) is 0 Å². The lowest BCUT2D eigenvalue weighted by molar-refractivity contribution is -0.123. The Morgan fingerprint density at radius 3 is 2.50 bits per heavy atom. The number of aromatic amines is 1. The summed E-state index contributed by atoms with van der Waals surface area (Å²) in [5.74, 6) is -1.64. The zero-order chi connectivity index (χ0) is 20.1. The Balaban J connectivity index is 1.61. The minimum atomic E-state index is -1.10. The molecule has 0 radical (unpaired) electrons. The number of aromatic nitrogens is 2. The molecule has 1 unspecified atom stereocenters. The van der Waals surface area contributed by atoms with E-state index < -0.39 is 23.9 Å². The van der Waals surface area contributed by atoms with Gasteiger partial charge in [-0.3, -0.25) is 4.79 Å². The highest BCUT2D eigenvalue weighted by Crippen LogP contribution is 2.16. The maximum absolute atomic E-state index is 12.2. The zero-order valence-electron chi connectivity index (χ0n) is 14.9. The van der Waals surface area contributed by atoms with Crippen molar-refractivity contribution in [1.82, 2.24) is 9.97 Å². The summed E-state index contributed by atoms with van der Waals surface area (Å²) in [5, 5.41) is 11.5. The van der Waals surface area contributed by atoms with Crippen molar-refractivity contribution >= 4 is 23.5 Å². The molecule has 8 heteroatoms. The molecule has 0 aliphatic heterocycles. The second-order valence-electron chi connectivity index (χ2n) is 5.94. The Morgan fingerprint density at radius 1 is 1.11 bits per heavy atom. The predicted octanol–water partition coefficient (Wildman–Crippen LogP) is 2.96. The molecule has 1 amide bonds. The van der Waals surface area contributed by atoms with Crippen molar-refractivity contribution in [2.75, 3.05) is 5.32 Å². The fourth-order valence-electron chi connectivity index (χ4n) is 2.44. The Kier molecular flexibility index (Phi) is 5.50. The number of esters is 1. The van der Waals surface area contributed by atoms with E-state index in [0.717, 1.165) is 5.56 Å². The third-order valence-corrected chi connectivity index (χ3v) is 3.92. The number of rotatable bonds is 6. The first-order valence-corrected chi connectivity index (χ1v) is 8.39. The first kappa shape index (κ1) is 18.8. The first-order valence-electron chi connectivity index (χ1n) is 8.39. The summed E-state index contributed by atoms with van der Waals surface area (Å²) in [4.78, 5) is 42.6. The van der Waals surface area contributed by atoms with Gasteiger partial charge in [0.15, 0.2) is 6.10 Å². The van der Waals surface area contributed by atoms with E-state index in [1.165, 1.54) is 25.1 Å². The SMILES string of the molecule is CC(OC(=O)c1ccc(-c2ncc[nH]2)cc1)C(=O)Nc1cccc(C(=O)O)c1. The number of carbonyl (C=O) groups is 3. The lowest BCUT2D eigenvalue weighted by atomic mass is 10.1. The van der Waals surface area contributed by atoms with Gasteiger partial charge in [-0.1, -0.05) is 18.2 Å². The van der Waals surface area contributed by atoms with Gasteiger partial charge in [0.05, 0.1) is 11.1 Å². The van der Waals surface area contributed by atoms with Gasteiger partial charge in [-0.2, -0.15) is 0 Å². The molecule has 0 bridgehead atoms. The fourth-order valence-corrected chi connectivity index (χ4v) is 2.44. The molecule has 1 aromatic heterocycles. The number of ether oxygens (including phenoxy) is 1. The number of H-pyrrole nitrogens is 1. The van der Waals surface area contributed by atoms with Gasteiger partial charge < -0.3 is 20.1 Å². The average molecular weight is 379 g/mol. The van der Waals surface area contributed by atoms with Gasteiger partial charge in [-0.25, -0.2) is 14.6 Å². The van der Waals surface area contributed by atoms with Crippen molar-refractivity contribution in [2.24, 2.45) is 0 Å². The van der Waals surface area contributed by atoms with E-state index in [1.807, 2.05) is 0 Å². The molecular weight excluding hydrogens is 362 g/mol. The maximum atomic E-state index is 12.2. The molecule has 0 aliphatic carbocycles. The van der Waals surface area contributed by atoms with Crippen LogP contribution >= 0.6 is 0 Å². The van der Waals surface area contributed by atoms with Crippen LogP contribution in [0.25, 0.3) is 11.4 Å². The highest BCUT2D eigenvalue weighted by molar-refractivity contribution is 5.98. The molecule has 0 saturated carbocycles. The Bertz CT molecular complexity index is 997. The number of amides is 1. The number of imidazole rings is 1. The number of nitrogens with one attached hydrogen (secondary N) is 2. The number of aromatic carboxylic acids is 1. The van der Waals surface area contributed by atoms with E-state index in [1.54, 1.807) is 42.7 Å². The van der Waals surface area contributed by atoms with Crippen molar-refractivity contribution in [2.45, 2.75) is 13.0 Å². The van der Waals surface area contributed by atoms with E-state index in [0.29, 0.717) is 17.1 Å². The summed E-state index contributed by atoms with van der Waals surface area (Å²) in [6, 6.07) is 12.4. The van der Waals surface area contributed by atoms with Crippen LogP contribution in [-0.4, -0.2) is 39.0 Å². The standard InChI is InChI=1S/C20H17N3O5/c1-12(18(24)23-16-4-2-3-15(11-16)19(25)26)28-20(27)14-7-5-13(6-8-14)17-21-9-10-22-17/h2-12H,1H3,(H,21,22)(H,23,24)(H,25,26). The minimum Gasteiger partial charge on any atom is -0.478 e. The lowest BCUT2D eigenvalue weighted by Gasteiger charge is -2.14. The van der Waals surface area contributed by atoms with Gasteiger partial charge in [0.25, 0.3) is 5.91 Å². The largest absolute Gasteiger partial charge is 0.478 e. The van der Waals surface area contributed by atoms with Crippen LogP contribution in [-0.2, 0) is 9.53 Å².